The van der Waals surface area contributed by atoms with E-state index < -0.39 is 12.0 Å². The molecule has 2 N–H and O–H groups in total. The normalized spacial score (nSPS) is 21.9. The number of carbonyl (C=O) groups is 2. The Morgan fingerprint density at radius 2 is 1.41 bits per heavy atom. The molecule has 7 rings (SSSR count). The number of rotatable bonds is 6. The number of carbonyl (C=O) groups excluding carboxylic acids is 2. The van der Waals surface area contributed by atoms with Gasteiger partial charge in [0.15, 0.2) is 0 Å². The fourth-order valence-electron chi connectivity index (χ4n) is 6.59. The van der Waals surface area contributed by atoms with Crippen molar-refractivity contribution in [3.63, 3.8) is 0 Å². The number of amides is 2. The third-order valence-corrected chi connectivity index (χ3v) is 9.07. The highest BCUT2D eigenvalue weighted by Crippen LogP contribution is 2.45. The van der Waals surface area contributed by atoms with Gasteiger partial charge >= 0.3 is 0 Å². The maximum atomic E-state index is 14.0. The average molecular weight is 612 g/mol. The zero-order chi connectivity index (χ0) is 31.6. The third-order valence-electron chi connectivity index (χ3n) is 9.07. The van der Waals surface area contributed by atoms with Gasteiger partial charge in [0, 0.05) is 59.8 Å². The van der Waals surface area contributed by atoms with Crippen molar-refractivity contribution in [3.8, 4) is 0 Å². The number of anilines is 2. The van der Waals surface area contributed by atoms with E-state index in [0.29, 0.717) is 33.7 Å². The highest BCUT2D eigenvalue weighted by molar-refractivity contribution is 6.19. The second-order valence-electron chi connectivity index (χ2n) is 12.0. The lowest BCUT2D eigenvalue weighted by Gasteiger charge is -2.41. The lowest BCUT2D eigenvalue weighted by Crippen LogP contribution is -2.40. The maximum absolute atomic E-state index is 14.0. The van der Waals surface area contributed by atoms with E-state index in [-0.39, 0.29) is 22.8 Å². The Bertz CT molecular complexity index is 1830. The summed E-state index contributed by atoms with van der Waals surface area (Å²) in [5, 5.41) is 28.6. The quantitative estimate of drug-likeness (QED) is 0.372. The van der Waals surface area contributed by atoms with Crippen molar-refractivity contribution in [3.05, 3.63) is 136 Å². The molecule has 1 atom stereocenters. The molecule has 2 aliphatic heterocycles. The van der Waals surface area contributed by atoms with Gasteiger partial charge in [0.1, 0.15) is 5.76 Å². The number of hydrogen-bond acceptors (Lipinski definition) is 6. The molecule has 46 heavy (non-hydrogen) atoms. The highest BCUT2D eigenvalue weighted by Gasteiger charge is 2.34. The molecule has 4 aliphatic rings. The molecule has 2 fully saturated rings. The van der Waals surface area contributed by atoms with Crippen molar-refractivity contribution >= 4 is 34.5 Å². The minimum absolute atomic E-state index is 0.151. The van der Waals surface area contributed by atoms with Gasteiger partial charge in [-0.2, -0.15) is 0 Å². The summed E-state index contributed by atoms with van der Waals surface area (Å²) in [6.07, 6.45) is 8.49. The van der Waals surface area contributed by atoms with Crippen molar-refractivity contribution in [1.29, 1.82) is 0 Å². The molecule has 1 unspecified atom stereocenters. The van der Waals surface area contributed by atoms with Gasteiger partial charge < -0.3 is 25.3 Å². The maximum Gasteiger partial charge on any atom is 0.277 e. The standard InChI is InChI=1S/C38H35N4O4/c43-35-33(29-17-15-27(41-19-7-8-20-41)23-31(29)39-37(45)25-11-3-1-4-12-25)36(44)34(35)30-18-16-28(42-21-9-10-22-42)24-32(30)40-38(46)26-13-5-2-6-14-26/h1-6,11-18,23-24,35,44H,7-10,19-22H2,(H,39,45)/q-1/b34-30-,40-32?. The molecule has 0 aromatic heterocycles. The number of hydrogen-bond donors (Lipinski definition) is 2. The number of benzene rings is 3. The molecule has 2 aliphatic carbocycles. The Morgan fingerprint density at radius 3 is 2.07 bits per heavy atom. The van der Waals surface area contributed by atoms with Gasteiger partial charge in [-0.1, -0.05) is 54.6 Å². The van der Waals surface area contributed by atoms with Crippen molar-refractivity contribution in [2.45, 2.75) is 31.8 Å². The van der Waals surface area contributed by atoms with E-state index in [2.05, 4.69) is 20.1 Å². The summed E-state index contributed by atoms with van der Waals surface area (Å²) >= 11 is 0. The van der Waals surface area contributed by atoms with Crippen LogP contribution in [0.4, 0.5) is 11.4 Å². The van der Waals surface area contributed by atoms with Crippen LogP contribution in [0.5, 0.6) is 0 Å². The van der Waals surface area contributed by atoms with Gasteiger partial charge in [0.2, 0.25) is 0 Å². The molecule has 2 heterocycles. The molecule has 3 aromatic rings. The molecule has 232 valence electrons. The van der Waals surface area contributed by atoms with Gasteiger partial charge in [-0.05, 0) is 85.4 Å². The van der Waals surface area contributed by atoms with Crippen molar-refractivity contribution in [2.24, 2.45) is 4.99 Å². The molecule has 3 aromatic carbocycles. The Morgan fingerprint density at radius 1 is 0.783 bits per heavy atom. The highest BCUT2D eigenvalue weighted by atomic mass is 16.3. The first-order valence-corrected chi connectivity index (χ1v) is 15.9. The van der Waals surface area contributed by atoms with Crippen molar-refractivity contribution in [2.75, 3.05) is 36.4 Å². The first kappa shape index (κ1) is 29.5. The minimum atomic E-state index is -1.41. The van der Waals surface area contributed by atoms with E-state index in [4.69, 9.17) is 0 Å². The van der Waals surface area contributed by atoms with Crippen LogP contribution in [-0.2, 0) is 0 Å². The van der Waals surface area contributed by atoms with Crippen LogP contribution in [0.2, 0.25) is 0 Å². The summed E-state index contributed by atoms with van der Waals surface area (Å²) in [5.74, 6) is -0.874. The summed E-state index contributed by atoms with van der Waals surface area (Å²) in [6, 6.07) is 23.3. The number of aliphatic hydroxyl groups excluding tert-OH is 1. The van der Waals surface area contributed by atoms with Gasteiger partial charge in [-0.25, -0.2) is 4.99 Å². The predicted octanol–water partition coefficient (Wildman–Crippen LogP) is 5.68. The first-order valence-electron chi connectivity index (χ1n) is 15.9. The fraction of sp³-hybridized carbons (Fsp3) is 0.237. The van der Waals surface area contributed by atoms with Crippen LogP contribution >= 0.6 is 0 Å². The Hall–Kier alpha value is -5.21. The summed E-state index contributed by atoms with van der Waals surface area (Å²) in [4.78, 5) is 35.4. The van der Waals surface area contributed by atoms with Crippen molar-refractivity contribution < 1.29 is 19.8 Å². The Balaban J connectivity index is 1.29. The minimum Gasteiger partial charge on any atom is -0.845 e. The number of aliphatic imine (C=N–C) groups is 1. The van der Waals surface area contributed by atoms with Crippen LogP contribution in [-0.4, -0.2) is 59.8 Å². The van der Waals surface area contributed by atoms with Crippen LogP contribution in [0.1, 0.15) is 52.0 Å². The number of nitrogens with zero attached hydrogens (tertiary/aromatic N) is 3. The number of allylic oxidation sites excluding steroid dienone is 4. The average Bonchev–Trinajstić information content (AvgIpc) is 3.83. The lowest BCUT2D eigenvalue weighted by atomic mass is 9.77. The number of likely N-dealkylation sites (tertiary alicyclic amines) is 1. The van der Waals surface area contributed by atoms with Crippen LogP contribution < -0.4 is 15.3 Å². The molecular formula is C38H35N4O4-. The number of nitrogens with one attached hydrogen (secondary N) is 1. The summed E-state index contributed by atoms with van der Waals surface area (Å²) in [7, 11) is 0. The molecule has 0 bridgehead atoms. The SMILES string of the molecule is O=C(N=C1C=C(N2CCCC2)C=C/C1=C1/C(O)=C(c2ccc(N3CCCC3)cc2NC(=O)c2ccccc2)C1[O-])c1ccccc1. The summed E-state index contributed by atoms with van der Waals surface area (Å²) in [5.41, 5.74) is 4.92. The van der Waals surface area contributed by atoms with E-state index >= 15 is 0 Å². The fourth-order valence-corrected chi connectivity index (χ4v) is 6.59. The first-order chi connectivity index (χ1) is 22.5. The van der Waals surface area contributed by atoms with E-state index in [9.17, 15) is 19.8 Å². The van der Waals surface area contributed by atoms with Gasteiger partial charge in [0.05, 0.1) is 11.4 Å². The van der Waals surface area contributed by atoms with Gasteiger partial charge in [-0.15, -0.1) is 0 Å². The monoisotopic (exact) mass is 611 g/mol. The topological polar surface area (TPSA) is 108 Å². The molecule has 0 radical (unpaired) electrons. The predicted molar refractivity (Wildman–Crippen MR) is 179 cm³/mol. The van der Waals surface area contributed by atoms with Gasteiger partial charge in [0.25, 0.3) is 11.8 Å². The Labute approximate surface area is 268 Å². The van der Waals surface area contributed by atoms with Crippen LogP contribution in [0.25, 0.3) is 5.57 Å². The number of aliphatic hydroxyl groups is 1. The summed E-state index contributed by atoms with van der Waals surface area (Å²) < 4.78 is 0. The van der Waals surface area contributed by atoms with E-state index in [1.165, 1.54) is 0 Å². The summed E-state index contributed by atoms with van der Waals surface area (Å²) in [6.45, 7) is 3.66. The third kappa shape index (κ3) is 5.68. The molecule has 2 saturated heterocycles. The van der Waals surface area contributed by atoms with E-state index in [1.807, 2.05) is 42.5 Å². The zero-order valence-electron chi connectivity index (χ0n) is 25.5. The molecule has 0 spiro atoms. The Kier molecular flexibility index (Phi) is 8.11. The van der Waals surface area contributed by atoms with E-state index in [1.54, 1.807) is 54.6 Å². The van der Waals surface area contributed by atoms with Crippen LogP contribution in [0.15, 0.2) is 125 Å². The second-order valence-corrected chi connectivity index (χ2v) is 12.0. The van der Waals surface area contributed by atoms with Crippen molar-refractivity contribution in [1.82, 2.24) is 4.90 Å². The molecular weight excluding hydrogens is 576 g/mol. The molecule has 8 heteroatoms. The lowest BCUT2D eigenvalue weighted by molar-refractivity contribution is -0.390. The molecule has 8 nitrogen and oxygen atoms in total. The van der Waals surface area contributed by atoms with E-state index in [0.717, 1.165) is 63.2 Å². The van der Waals surface area contributed by atoms with Crippen LogP contribution in [0.3, 0.4) is 0 Å². The smallest absolute Gasteiger partial charge is 0.277 e. The zero-order valence-corrected chi connectivity index (χ0v) is 25.5. The van der Waals surface area contributed by atoms with Gasteiger partial charge in [-0.3, -0.25) is 9.59 Å². The second kappa shape index (κ2) is 12.7. The van der Waals surface area contributed by atoms with Crippen LogP contribution in [0, 0.1) is 0 Å². The molecule has 0 saturated carbocycles. The largest absolute Gasteiger partial charge is 0.845 e. The molecule has 2 amide bonds.